The molecule has 3 saturated carbocycles. The molecule has 124 valence electrons. The lowest BCUT2D eigenvalue weighted by atomic mass is 9.48. The monoisotopic (exact) mass is 304 g/mol. The predicted octanol–water partition coefficient (Wildman–Crippen LogP) is 4.33. The highest BCUT2D eigenvalue weighted by molar-refractivity contribution is 5.25. The Morgan fingerprint density at radius 3 is 2.77 bits per heavy atom. The molecule has 2 heteroatoms. The molecule has 0 heterocycles. The number of fused-ring (bicyclic) bond motifs is 5. The van der Waals surface area contributed by atoms with Crippen LogP contribution in [0.25, 0.3) is 0 Å². The van der Waals surface area contributed by atoms with Crippen molar-refractivity contribution >= 4 is 0 Å². The fourth-order valence-corrected chi connectivity index (χ4v) is 6.85. The largest absolute Gasteiger partial charge is 0.393 e. The average molecular weight is 304 g/mol. The lowest BCUT2D eigenvalue weighted by molar-refractivity contribution is -0.0409. The quantitative estimate of drug-likeness (QED) is 0.731. The molecule has 0 saturated heterocycles. The number of allylic oxidation sites excluding steroid dienone is 1. The van der Waals surface area contributed by atoms with Crippen LogP contribution in [0.4, 0.5) is 0 Å². The van der Waals surface area contributed by atoms with Crippen molar-refractivity contribution in [2.75, 3.05) is 7.11 Å². The lowest BCUT2D eigenvalue weighted by Gasteiger charge is -2.57. The highest BCUT2D eigenvalue weighted by Gasteiger charge is 2.57. The fourth-order valence-electron chi connectivity index (χ4n) is 6.85. The Morgan fingerprint density at radius 1 is 1.18 bits per heavy atom. The zero-order chi connectivity index (χ0) is 15.5. The maximum Gasteiger partial charge on any atom is 0.0608 e. The van der Waals surface area contributed by atoms with E-state index in [1.54, 1.807) is 5.57 Å². The average Bonchev–Trinajstić information content (AvgIpc) is 2.80. The first-order valence-corrected chi connectivity index (χ1v) is 9.37. The van der Waals surface area contributed by atoms with Crippen molar-refractivity contribution in [3.8, 4) is 0 Å². The number of rotatable bonds is 1. The molecule has 0 spiro atoms. The van der Waals surface area contributed by atoms with E-state index in [0.29, 0.717) is 16.9 Å². The van der Waals surface area contributed by atoms with E-state index in [-0.39, 0.29) is 6.10 Å². The summed E-state index contributed by atoms with van der Waals surface area (Å²) in [5.74, 6) is 2.40. The standard InChI is InChI=1S/C20H32O2/c1-19-8-7-17-16(18(19)11-14(21)12-19)5-4-13-10-15(22-3)6-9-20(13,17)2/h4,14-18,21H,5-12H2,1-3H3/t14-,15-,16+,17-,18-,19+,20-/m0/s1. The molecular formula is C20H32O2. The van der Waals surface area contributed by atoms with Crippen LogP contribution in [0.5, 0.6) is 0 Å². The molecule has 7 atom stereocenters. The van der Waals surface area contributed by atoms with Gasteiger partial charge in [0.1, 0.15) is 0 Å². The van der Waals surface area contributed by atoms with Crippen molar-refractivity contribution in [3.63, 3.8) is 0 Å². The molecule has 0 aromatic carbocycles. The number of hydrogen-bond acceptors (Lipinski definition) is 2. The molecule has 0 aromatic heterocycles. The lowest BCUT2D eigenvalue weighted by Crippen LogP contribution is -2.49. The van der Waals surface area contributed by atoms with Gasteiger partial charge in [-0.05, 0) is 80.0 Å². The highest BCUT2D eigenvalue weighted by atomic mass is 16.5. The zero-order valence-electron chi connectivity index (χ0n) is 14.5. The van der Waals surface area contributed by atoms with Crippen LogP contribution < -0.4 is 0 Å². The van der Waals surface area contributed by atoms with Crippen molar-refractivity contribution in [2.45, 2.75) is 77.4 Å². The van der Waals surface area contributed by atoms with Gasteiger partial charge in [-0.2, -0.15) is 0 Å². The molecule has 4 aliphatic rings. The van der Waals surface area contributed by atoms with E-state index < -0.39 is 0 Å². The maximum absolute atomic E-state index is 10.2. The Kier molecular flexibility index (Phi) is 3.51. The Hall–Kier alpha value is -0.340. The van der Waals surface area contributed by atoms with E-state index >= 15 is 0 Å². The van der Waals surface area contributed by atoms with Gasteiger partial charge in [-0.25, -0.2) is 0 Å². The minimum Gasteiger partial charge on any atom is -0.393 e. The summed E-state index contributed by atoms with van der Waals surface area (Å²) >= 11 is 0. The van der Waals surface area contributed by atoms with Gasteiger partial charge in [0.15, 0.2) is 0 Å². The molecule has 0 unspecified atom stereocenters. The second-order valence-corrected chi connectivity index (χ2v) is 9.15. The van der Waals surface area contributed by atoms with Crippen LogP contribution in [0.2, 0.25) is 0 Å². The van der Waals surface area contributed by atoms with Gasteiger partial charge in [0.05, 0.1) is 12.2 Å². The van der Waals surface area contributed by atoms with Crippen molar-refractivity contribution in [1.29, 1.82) is 0 Å². The van der Waals surface area contributed by atoms with E-state index in [9.17, 15) is 5.11 Å². The van der Waals surface area contributed by atoms with Crippen molar-refractivity contribution < 1.29 is 9.84 Å². The minimum atomic E-state index is -0.0452. The third-order valence-corrected chi connectivity index (χ3v) is 8.14. The third kappa shape index (κ3) is 2.06. The Labute approximate surface area is 135 Å². The molecule has 1 N–H and O–H groups in total. The summed E-state index contributed by atoms with van der Waals surface area (Å²) in [6, 6.07) is 0. The molecule has 0 bridgehead atoms. The molecule has 22 heavy (non-hydrogen) atoms. The van der Waals surface area contributed by atoms with Crippen LogP contribution in [0.15, 0.2) is 11.6 Å². The van der Waals surface area contributed by atoms with Gasteiger partial charge in [-0.3, -0.25) is 0 Å². The van der Waals surface area contributed by atoms with E-state index in [2.05, 4.69) is 19.9 Å². The van der Waals surface area contributed by atoms with Crippen molar-refractivity contribution in [1.82, 2.24) is 0 Å². The summed E-state index contributed by atoms with van der Waals surface area (Å²) in [6.45, 7) is 4.99. The second kappa shape index (κ2) is 5.08. The smallest absolute Gasteiger partial charge is 0.0608 e. The summed E-state index contributed by atoms with van der Waals surface area (Å²) in [7, 11) is 1.87. The van der Waals surface area contributed by atoms with Crippen LogP contribution in [0.3, 0.4) is 0 Å². The molecule has 0 radical (unpaired) electrons. The molecule has 0 aromatic rings. The topological polar surface area (TPSA) is 29.5 Å². The van der Waals surface area contributed by atoms with Crippen LogP contribution in [0.1, 0.15) is 65.2 Å². The molecule has 4 aliphatic carbocycles. The Morgan fingerprint density at radius 2 is 2.00 bits per heavy atom. The van der Waals surface area contributed by atoms with E-state index in [1.807, 2.05) is 7.11 Å². The highest BCUT2D eigenvalue weighted by Crippen LogP contribution is 2.64. The summed E-state index contributed by atoms with van der Waals surface area (Å²) in [4.78, 5) is 0. The first kappa shape index (κ1) is 15.2. The molecule has 0 aliphatic heterocycles. The molecule has 3 fully saturated rings. The van der Waals surface area contributed by atoms with Crippen LogP contribution in [-0.2, 0) is 4.74 Å². The summed E-state index contributed by atoms with van der Waals surface area (Å²) in [6.07, 6.45) is 12.7. The number of aliphatic hydroxyl groups is 1. The van der Waals surface area contributed by atoms with Crippen LogP contribution in [0, 0.1) is 28.6 Å². The molecule has 0 amide bonds. The van der Waals surface area contributed by atoms with Crippen LogP contribution in [-0.4, -0.2) is 24.4 Å². The predicted molar refractivity (Wildman–Crippen MR) is 88.5 cm³/mol. The summed E-state index contributed by atoms with van der Waals surface area (Å²) in [5.41, 5.74) is 2.51. The van der Waals surface area contributed by atoms with Gasteiger partial charge >= 0.3 is 0 Å². The molecule has 2 nitrogen and oxygen atoms in total. The SMILES string of the molecule is CO[C@H]1CC[C@@]2(C)C(=CC[C@H]3[C@@H]4C[C@H](O)C[C@@]4(C)CC[C@@H]32)C1. The van der Waals surface area contributed by atoms with Gasteiger partial charge in [-0.15, -0.1) is 0 Å². The Bertz CT molecular complexity index is 484. The number of hydrogen-bond donors (Lipinski definition) is 1. The minimum absolute atomic E-state index is 0.0452. The van der Waals surface area contributed by atoms with Gasteiger partial charge in [0.2, 0.25) is 0 Å². The number of methoxy groups -OCH3 is 1. The van der Waals surface area contributed by atoms with Gasteiger partial charge in [-0.1, -0.05) is 25.5 Å². The third-order valence-electron chi connectivity index (χ3n) is 8.14. The van der Waals surface area contributed by atoms with Crippen molar-refractivity contribution in [3.05, 3.63) is 11.6 Å². The summed E-state index contributed by atoms with van der Waals surface area (Å²) < 4.78 is 5.65. The zero-order valence-corrected chi connectivity index (χ0v) is 14.5. The first-order chi connectivity index (χ1) is 10.5. The van der Waals surface area contributed by atoms with E-state index in [0.717, 1.165) is 37.0 Å². The molecule has 4 rings (SSSR count). The second-order valence-electron chi connectivity index (χ2n) is 9.15. The first-order valence-electron chi connectivity index (χ1n) is 9.37. The van der Waals surface area contributed by atoms with E-state index in [1.165, 1.54) is 32.1 Å². The maximum atomic E-state index is 10.2. The van der Waals surface area contributed by atoms with E-state index in [4.69, 9.17) is 4.74 Å². The van der Waals surface area contributed by atoms with Gasteiger partial charge < -0.3 is 9.84 Å². The molecular weight excluding hydrogens is 272 g/mol. The van der Waals surface area contributed by atoms with Gasteiger partial charge in [0.25, 0.3) is 0 Å². The normalized spacial score (nSPS) is 54.2. The van der Waals surface area contributed by atoms with Crippen molar-refractivity contribution in [2.24, 2.45) is 28.6 Å². The van der Waals surface area contributed by atoms with Crippen LogP contribution >= 0.6 is 0 Å². The number of aliphatic hydroxyl groups excluding tert-OH is 1. The number of ether oxygens (including phenoxy) is 1. The van der Waals surface area contributed by atoms with Gasteiger partial charge in [0, 0.05) is 7.11 Å². The summed E-state index contributed by atoms with van der Waals surface area (Å²) in [5, 5.41) is 10.2. The fraction of sp³-hybridized carbons (Fsp3) is 0.900. The Balaban J connectivity index is 1.64.